The van der Waals surface area contributed by atoms with E-state index in [9.17, 15) is 19.5 Å². The van der Waals surface area contributed by atoms with E-state index in [0.717, 1.165) is 0 Å². The number of hydrogen-bond acceptors (Lipinski definition) is 4. The maximum absolute atomic E-state index is 12.6. The van der Waals surface area contributed by atoms with E-state index in [4.69, 9.17) is 4.74 Å². The van der Waals surface area contributed by atoms with Crippen molar-refractivity contribution >= 4 is 18.0 Å². The molecule has 0 aromatic heterocycles. The van der Waals surface area contributed by atoms with Crippen LogP contribution in [0.5, 0.6) is 0 Å². The summed E-state index contributed by atoms with van der Waals surface area (Å²) in [6, 6.07) is 6.46. The van der Waals surface area contributed by atoms with Gasteiger partial charge in [0.1, 0.15) is 17.7 Å². The second-order valence-electron chi connectivity index (χ2n) is 7.06. The predicted molar refractivity (Wildman–Crippen MR) is 93.0 cm³/mol. The molecule has 7 heteroatoms. The van der Waals surface area contributed by atoms with Crippen molar-refractivity contribution in [2.24, 2.45) is 5.92 Å². The van der Waals surface area contributed by atoms with Gasteiger partial charge in [-0.05, 0) is 32.3 Å². The highest BCUT2D eigenvalue weighted by atomic mass is 16.6. The summed E-state index contributed by atoms with van der Waals surface area (Å²) < 4.78 is 5.19. The van der Waals surface area contributed by atoms with Gasteiger partial charge < -0.3 is 20.5 Å². The van der Waals surface area contributed by atoms with Crippen molar-refractivity contribution in [1.82, 2.24) is 10.6 Å². The van der Waals surface area contributed by atoms with Crippen LogP contribution in [0.2, 0.25) is 0 Å². The number of carbonyl (C=O) groups excluding carboxylic acids is 2. The summed E-state index contributed by atoms with van der Waals surface area (Å²) in [5, 5.41) is 14.2. The van der Waals surface area contributed by atoms with E-state index in [-0.39, 0.29) is 5.92 Å². The van der Waals surface area contributed by atoms with Gasteiger partial charge >= 0.3 is 12.1 Å². The summed E-state index contributed by atoms with van der Waals surface area (Å²) in [7, 11) is 0. The van der Waals surface area contributed by atoms with Crippen LogP contribution in [0.15, 0.2) is 30.3 Å². The Morgan fingerprint density at radius 1 is 1.04 bits per heavy atom. The molecule has 1 aromatic carbocycles. The molecule has 7 nitrogen and oxygen atoms in total. The largest absolute Gasteiger partial charge is 0.480 e. The first-order valence-electron chi connectivity index (χ1n) is 8.09. The number of hydrogen-bond donors (Lipinski definition) is 3. The van der Waals surface area contributed by atoms with Gasteiger partial charge in [0.2, 0.25) is 5.91 Å². The highest BCUT2D eigenvalue weighted by Gasteiger charge is 2.30. The lowest BCUT2D eigenvalue weighted by Crippen LogP contribution is -2.49. The number of alkyl carbamates (subject to hydrolysis) is 1. The topological polar surface area (TPSA) is 105 Å². The minimum absolute atomic E-state index is 0.306. The van der Waals surface area contributed by atoms with Crippen LogP contribution in [0.4, 0.5) is 4.79 Å². The molecule has 0 bridgehead atoms. The third kappa shape index (κ3) is 6.82. The minimum Gasteiger partial charge on any atom is -0.480 e. The SMILES string of the molecule is CC(C)[C@H](NC(=O)C(NC(=O)OC(C)(C)C)c1ccccc1)C(=O)O. The Kier molecular flexibility index (Phi) is 6.97. The third-order valence-corrected chi connectivity index (χ3v) is 3.29. The molecule has 0 heterocycles. The van der Waals surface area contributed by atoms with E-state index >= 15 is 0 Å². The normalized spacial score (nSPS) is 13.7. The number of benzene rings is 1. The zero-order valence-electron chi connectivity index (χ0n) is 15.2. The van der Waals surface area contributed by atoms with E-state index < -0.39 is 35.7 Å². The van der Waals surface area contributed by atoms with Gasteiger partial charge in [-0.2, -0.15) is 0 Å². The number of aliphatic carboxylic acids is 1. The molecule has 0 aliphatic carbocycles. The average Bonchev–Trinajstić information content (AvgIpc) is 2.48. The molecule has 0 saturated heterocycles. The fraction of sp³-hybridized carbons (Fsp3) is 0.500. The van der Waals surface area contributed by atoms with Crippen LogP contribution in [0.3, 0.4) is 0 Å². The van der Waals surface area contributed by atoms with Gasteiger partial charge in [0.25, 0.3) is 0 Å². The van der Waals surface area contributed by atoms with Crippen LogP contribution in [0.1, 0.15) is 46.2 Å². The summed E-state index contributed by atoms with van der Waals surface area (Å²) >= 11 is 0. The van der Waals surface area contributed by atoms with E-state index in [0.29, 0.717) is 5.56 Å². The third-order valence-electron chi connectivity index (χ3n) is 3.29. The van der Waals surface area contributed by atoms with Crippen LogP contribution in [-0.2, 0) is 14.3 Å². The number of carboxylic acid groups (broad SMARTS) is 1. The van der Waals surface area contributed by atoms with Gasteiger partial charge in [0.05, 0.1) is 0 Å². The molecule has 0 radical (unpaired) electrons. The quantitative estimate of drug-likeness (QED) is 0.731. The second kappa shape index (κ2) is 8.50. The summed E-state index contributed by atoms with van der Waals surface area (Å²) in [6.45, 7) is 8.52. The molecule has 138 valence electrons. The first-order valence-corrected chi connectivity index (χ1v) is 8.09. The number of ether oxygens (including phenoxy) is 1. The highest BCUT2D eigenvalue weighted by molar-refractivity contribution is 5.90. The van der Waals surface area contributed by atoms with Crippen molar-refractivity contribution in [1.29, 1.82) is 0 Å². The maximum atomic E-state index is 12.6. The zero-order chi connectivity index (χ0) is 19.2. The van der Waals surface area contributed by atoms with Crippen molar-refractivity contribution in [3.05, 3.63) is 35.9 Å². The summed E-state index contributed by atoms with van der Waals surface area (Å²) in [5.41, 5.74) is -0.192. The molecular weight excluding hydrogens is 324 g/mol. The Balaban J connectivity index is 3.01. The molecule has 25 heavy (non-hydrogen) atoms. The van der Waals surface area contributed by atoms with Gasteiger partial charge in [-0.1, -0.05) is 44.2 Å². The Bertz CT molecular complexity index is 608. The lowest BCUT2D eigenvalue weighted by atomic mass is 10.0. The number of nitrogens with one attached hydrogen (secondary N) is 2. The fourth-order valence-electron chi connectivity index (χ4n) is 2.12. The van der Waals surface area contributed by atoms with Crippen molar-refractivity contribution < 1.29 is 24.2 Å². The molecule has 2 amide bonds. The fourth-order valence-corrected chi connectivity index (χ4v) is 2.12. The Morgan fingerprint density at radius 3 is 2.04 bits per heavy atom. The van der Waals surface area contributed by atoms with E-state index in [1.165, 1.54) is 0 Å². The molecule has 1 unspecified atom stereocenters. The number of carbonyl (C=O) groups is 3. The molecule has 0 aliphatic heterocycles. The molecule has 1 aromatic rings. The van der Waals surface area contributed by atoms with E-state index in [1.807, 2.05) is 0 Å². The molecule has 3 N–H and O–H groups in total. The molecular formula is C18H26N2O5. The van der Waals surface area contributed by atoms with Gasteiger partial charge in [-0.3, -0.25) is 4.79 Å². The Hall–Kier alpha value is -2.57. The molecule has 0 aliphatic rings. The minimum atomic E-state index is -1.13. The van der Waals surface area contributed by atoms with E-state index in [2.05, 4.69) is 10.6 Å². The monoisotopic (exact) mass is 350 g/mol. The first-order chi connectivity index (χ1) is 11.5. The second-order valence-corrected chi connectivity index (χ2v) is 7.06. The molecule has 0 saturated carbocycles. The Morgan fingerprint density at radius 2 is 1.60 bits per heavy atom. The zero-order valence-corrected chi connectivity index (χ0v) is 15.2. The molecule has 1 rings (SSSR count). The molecule has 2 atom stereocenters. The van der Waals surface area contributed by atoms with E-state index in [1.54, 1.807) is 65.0 Å². The Labute approximate surface area is 147 Å². The average molecular weight is 350 g/mol. The summed E-state index contributed by atoms with van der Waals surface area (Å²) in [6.07, 6.45) is -0.757. The van der Waals surface area contributed by atoms with Gasteiger partial charge in [-0.25, -0.2) is 9.59 Å². The number of amides is 2. The van der Waals surface area contributed by atoms with Crippen molar-refractivity contribution in [2.45, 2.75) is 52.3 Å². The lowest BCUT2D eigenvalue weighted by Gasteiger charge is -2.25. The molecule has 0 spiro atoms. The number of carboxylic acids is 1. The number of rotatable bonds is 6. The van der Waals surface area contributed by atoms with Crippen molar-refractivity contribution in [3.8, 4) is 0 Å². The van der Waals surface area contributed by atoms with Gasteiger partial charge in [0.15, 0.2) is 0 Å². The standard InChI is InChI=1S/C18H26N2O5/c1-11(2)13(16(22)23)19-15(21)14(12-9-7-6-8-10-12)20-17(24)25-18(3,4)5/h6-11,13-14H,1-5H3,(H,19,21)(H,20,24)(H,22,23)/t13-,14?/m0/s1. The first kappa shape index (κ1) is 20.5. The van der Waals surface area contributed by atoms with Gasteiger partial charge in [0, 0.05) is 0 Å². The predicted octanol–water partition coefficient (Wildman–Crippen LogP) is 2.48. The lowest BCUT2D eigenvalue weighted by molar-refractivity contribution is -0.143. The van der Waals surface area contributed by atoms with Crippen LogP contribution in [-0.4, -0.2) is 34.7 Å². The summed E-state index contributed by atoms with van der Waals surface area (Å²) in [5.74, 6) is -2.05. The van der Waals surface area contributed by atoms with Crippen LogP contribution in [0, 0.1) is 5.92 Å². The maximum Gasteiger partial charge on any atom is 0.408 e. The van der Waals surface area contributed by atoms with Crippen LogP contribution < -0.4 is 10.6 Å². The highest BCUT2D eigenvalue weighted by Crippen LogP contribution is 2.16. The van der Waals surface area contributed by atoms with Crippen LogP contribution >= 0.6 is 0 Å². The van der Waals surface area contributed by atoms with Crippen molar-refractivity contribution in [3.63, 3.8) is 0 Å². The van der Waals surface area contributed by atoms with Crippen molar-refractivity contribution in [2.75, 3.05) is 0 Å². The summed E-state index contributed by atoms with van der Waals surface area (Å²) in [4.78, 5) is 36.0. The van der Waals surface area contributed by atoms with Crippen LogP contribution in [0.25, 0.3) is 0 Å². The smallest absolute Gasteiger partial charge is 0.408 e. The molecule has 0 fully saturated rings. The van der Waals surface area contributed by atoms with Gasteiger partial charge in [-0.15, -0.1) is 0 Å².